The van der Waals surface area contributed by atoms with Gasteiger partial charge in [0, 0.05) is 3.57 Å². The first-order valence-corrected chi connectivity index (χ1v) is 17.6. The zero-order valence-electron chi connectivity index (χ0n) is 25.2. The average Bonchev–Trinajstić information content (AvgIpc) is 3.59. The highest BCUT2D eigenvalue weighted by Crippen LogP contribution is 2.49. The maximum Gasteiger partial charge on any atom is 0.348 e. The van der Waals surface area contributed by atoms with Gasteiger partial charge < -0.3 is 13.9 Å². The second-order valence-electron chi connectivity index (χ2n) is 11.8. The SMILES string of the molecule is O=c1n(-c2ccc(I)cc2F)c2c(F)c(F)c3ccoc3c2n1S(=O)(=O)C1(C[C@@H](COCc2ccccc2)OCc2ccccc2)CC1. The molecule has 0 unspecified atom stereocenters. The number of fused-ring (bicyclic) bond motifs is 3. The number of halogens is 4. The number of rotatable bonds is 12. The molecule has 1 aliphatic carbocycles. The van der Waals surface area contributed by atoms with Gasteiger partial charge in [-0.15, -0.1) is 0 Å². The highest BCUT2D eigenvalue weighted by Gasteiger charge is 2.58. The molecule has 1 saturated carbocycles. The van der Waals surface area contributed by atoms with Gasteiger partial charge in [-0.2, -0.15) is 3.97 Å². The van der Waals surface area contributed by atoms with Crippen LogP contribution in [0.25, 0.3) is 27.7 Å². The van der Waals surface area contributed by atoms with Crippen molar-refractivity contribution >= 4 is 54.6 Å². The number of hydrogen-bond acceptors (Lipinski definition) is 6. The molecule has 48 heavy (non-hydrogen) atoms. The molecule has 6 aromatic rings. The predicted molar refractivity (Wildman–Crippen MR) is 182 cm³/mol. The fraction of sp³-hybridized carbons (Fsp3) is 0.229. The lowest BCUT2D eigenvalue weighted by Crippen LogP contribution is -2.40. The van der Waals surface area contributed by atoms with E-state index in [1.165, 1.54) is 12.1 Å². The molecule has 0 amide bonds. The van der Waals surface area contributed by atoms with Crippen LogP contribution in [0.2, 0.25) is 0 Å². The summed E-state index contributed by atoms with van der Waals surface area (Å²) < 4.78 is 93.5. The largest absolute Gasteiger partial charge is 0.462 e. The summed E-state index contributed by atoms with van der Waals surface area (Å²) in [5.74, 6) is -3.79. The number of hydrogen-bond donors (Lipinski definition) is 0. The molecule has 1 aliphatic rings. The molecule has 0 spiro atoms. The summed E-state index contributed by atoms with van der Waals surface area (Å²) in [7, 11) is -4.67. The van der Waals surface area contributed by atoms with Gasteiger partial charge in [-0.1, -0.05) is 60.7 Å². The molecule has 2 aromatic heterocycles. The van der Waals surface area contributed by atoms with Gasteiger partial charge in [-0.3, -0.25) is 4.57 Å². The van der Waals surface area contributed by atoms with E-state index in [0.29, 0.717) is 12.1 Å². The summed E-state index contributed by atoms with van der Waals surface area (Å²) in [5.41, 5.74) is -1.53. The Morgan fingerprint density at radius 3 is 2.19 bits per heavy atom. The molecule has 13 heteroatoms. The number of aromatic nitrogens is 2. The summed E-state index contributed by atoms with van der Waals surface area (Å²) in [6.07, 6.45) is 0.629. The first-order valence-electron chi connectivity index (χ1n) is 15.1. The fourth-order valence-corrected chi connectivity index (χ4v) is 8.59. The molecule has 0 radical (unpaired) electrons. The second-order valence-corrected chi connectivity index (χ2v) is 15.2. The van der Waals surface area contributed by atoms with E-state index < -0.39 is 60.7 Å². The number of imidazole rings is 1. The van der Waals surface area contributed by atoms with Crippen molar-refractivity contribution in [1.82, 2.24) is 8.54 Å². The van der Waals surface area contributed by atoms with Crippen molar-refractivity contribution in [3.63, 3.8) is 0 Å². The van der Waals surface area contributed by atoms with Crippen molar-refractivity contribution < 1.29 is 35.5 Å². The topological polar surface area (TPSA) is 92.7 Å². The van der Waals surface area contributed by atoms with Crippen molar-refractivity contribution in [3.05, 3.63) is 134 Å². The molecule has 1 fully saturated rings. The van der Waals surface area contributed by atoms with E-state index in [1.54, 1.807) is 0 Å². The smallest absolute Gasteiger partial charge is 0.348 e. The van der Waals surface area contributed by atoms with E-state index in [-0.39, 0.29) is 50.1 Å². The van der Waals surface area contributed by atoms with Crippen molar-refractivity contribution in [3.8, 4) is 5.69 Å². The monoisotopic (exact) mass is 788 g/mol. The van der Waals surface area contributed by atoms with Gasteiger partial charge in [-0.05, 0) is 77.2 Å². The van der Waals surface area contributed by atoms with Crippen molar-refractivity contribution in [2.75, 3.05) is 6.61 Å². The Bertz CT molecular complexity index is 2300. The van der Waals surface area contributed by atoms with Crippen LogP contribution in [0.15, 0.2) is 100 Å². The Labute approximate surface area is 286 Å². The third-order valence-electron chi connectivity index (χ3n) is 8.62. The molecule has 7 rings (SSSR count). The van der Waals surface area contributed by atoms with Gasteiger partial charge in [0.05, 0.1) is 48.0 Å². The lowest BCUT2D eigenvalue weighted by Gasteiger charge is -2.24. The van der Waals surface area contributed by atoms with Crippen LogP contribution in [0.3, 0.4) is 0 Å². The van der Waals surface area contributed by atoms with Crippen LogP contribution >= 0.6 is 22.6 Å². The minimum Gasteiger partial charge on any atom is -0.462 e. The van der Waals surface area contributed by atoms with Crippen molar-refractivity contribution in [1.29, 1.82) is 0 Å². The van der Waals surface area contributed by atoms with Crippen LogP contribution in [-0.4, -0.2) is 34.4 Å². The highest BCUT2D eigenvalue weighted by molar-refractivity contribution is 14.1. The van der Waals surface area contributed by atoms with Crippen LogP contribution in [0, 0.1) is 21.0 Å². The second kappa shape index (κ2) is 12.8. The van der Waals surface area contributed by atoms with Gasteiger partial charge in [-0.25, -0.2) is 26.4 Å². The zero-order chi connectivity index (χ0) is 33.6. The van der Waals surface area contributed by atoms with E-state index in [4.69, 9.17) is 13.9 Å². The fourth-order valence-electron chi connectivity index (χ4n) is 6.03. The molecule has 0 bridgehead atoms. The first-order chi connectivity index (χ1) is 23.1. The van der Waals surface area contributed by atoms with Gasteiger partial charge in [0.2, 0.25) is 10.0 Å². The average molecular weight is 789 g/mol. The molecular formula is C35H28F3IN2O6S. The Morgan fingerprint density at radius 1 is 0.875 bits per heavy atom. The van der Waals surface area contributed by atoms with E-state index in [0.717, 1.165) is 29.5 Å². The van der Waals surface area contributed by atoms with Crippen molar-refractivity contribution in [2.45, 2.75) is 43.3 Å². The molecule has 2 heterocycles. The molecule has 0 saturated heterocycles. The van der Waals surface area contributed by atoms with E-state index in [1.807, 2.05) is 83.3 Å². The standard InChI is InChI=1S/C35H28F3IN2O6S/c36-27-17-24(39)11-12-28(27)40-31-30(38)29(37)26-13-16-46-33(26)32(31)41(34(40)42)48(43,44)35(14-15-35)18-25(47-20-23-9-5-2-6-10-23)21-45-19-22-7-3-1-4-8-22/h1-13,16-17,25H,14-15,18-21H2/t25-/m0/s1. The molecular weight excluding hydrogens is 760 g/mol. The summed E-state index contributed by atoms with van der Waals surface area (Å²) in [4.78, 5) is 14.2. The lowest BCUT2D eigenvalue weighted by molar-refractivity contribution is -0.0345. The Balaban J connectivity index is 1.32. The molecule has 248 valence electrons. The van der Waals surface area contributed by atoms with Gasteiger partial charge in [0.15, 0.2) is 17.2 Å². The van der Waals surface area contributed by atoms with Crippen molar-refractivity contribution in [2.24, 2.45) is 0 Å². The first kappa shape index (κ1) is 32.6. The minimum atomic E-state index is -4.67. The number of furan rings is 1. The maximum atomic E-state index is 15.9. The third kappa shape index (κ3) is 5.76. The molecule has 1 atom stereocenters. The predicted octanol–water partition coefficient (Wildman–Crippen LogP) is 7.46. The molecule has 8 nitrogen and oxygen atoms in total. The number of nitrogens with zero attached hydrogens (tertiary/aromatic N) is 2. The van der Waals surface area contributed by atoms with Gasteiger partial charge >= 0.3 is 5.69 Å². The van der Waals surface area contributed by atoms with E-state index >= 15 is 13.2 Å². The molecule has 0 N–H and O–H groups in total. The van der Waals surface area contributed by atoms with Gasteiger partial charge in [0.1, 0.15) is 16.9 Å². The van der Waals surface area contributed by atoms with Crippen LogP contribution in [0.1, 0.15) is 30.4 Å². The summed E-state index contributed by atoms with van der Waals surface area (Å²) in [6, 6.07) is 23.8. The van der Waals surface area contributed by atoms with Crippen LogP contribution in [-0.2, 0) is 32.7 Å². The van der Waals surface area contributed by atoms with Crippen LogP contribution < -0.4 is 5.69 Å². The summed E-state index contributed by atoms with van der Waals surface area (Å²) in [6.45, 7) is 0.493. The Morgan fingerprint density at radius 2 is 1.54 bits per heavy atom. The molecule has 0 aliphatic heterocycles. The van der Waals surface area contributed by atoms with Crippen LogP contribution in [0.5, 0.6) is 0 Å². The maximum absolute atomic E-state index is 15.9. The Kier molecular flexibility index (Phi) is 8.73. The lowest BCUT2D eigenvalue weighted by atomic mass is 10.1. The summed E-state index contributed by atoms with van der Waals surface area (Å²) >= 11 is 1.86. The minimum absolute atomic E-state index is 0.0474. The molecule has 4 aromatic carbocycles. The summed E-state index contributed by atoms with van der Waals surface area (Å²) in [5, 5.41) is -0.354. The third-order valence-corrected chi connectivity index (χ3v) is 11.8. The van der Waals surface area contributed by atoms with E-state index in [9.17, 15) is 13.2 Å². The van der Waals surface area contributed by atoms with Gasteiger partial charge in [0.25, 0.3) is 0 Å². The Hall–Kier alpha value is -3.92. The zero-order valence-corrected chi connectivity index (χ0v) is 28.2. The normalized spacial score (nSPS) is 14.9. The number of ether oxygens (including phenoxy) is 2. The van der Waals surface area contributed by atoms with Crippen LogP contribution in [0.4, 0.5) is 13.2 Å². The number of benzene rings is 4. The highest BCUT2D eigenvalue weighted by atomic mass is 127. The van der Waals surface area contributed by atoms with E-state index in [2.05, 4.69) is 0 Å². The quantitative estimate of drug-likeness (QED) is 0.120.